The Morgan fingerprint density at radius 2 is 2.33 bits per heavy atom. The first-order valence-electron chi connectivity index (χ1n) is 4.22. The molecule has 1 heterocycles. The van der Waals surface area contributed by atoms with Crippen molar-refractivity contribution in [3.63, 3.8) is 0 Å². The summed E-state index contributed by atoms with van der Waals surface area (Å²) in [5.74, 6) is 0. The standard InChI is InChI=1S/C9H13ClN2/c1-2-8(10)3-4-9-7-11-5-6-12-9/h5-8H,2-4H2,1H3. The quantitative estimate of drug-likeness (QED) is 0.672. The largest absolute Gasteiger partial charge is 0.261 e. The van der Waals surface area contributed by atoms with Crippen LogP contribution in [0.4, 0.5) is 0 Å². The van der Waals surface area contributed by atoms with Crippen molar-refractivity contribution >= 4 is 11.6 Å². The molecule has 1 aromatic heterocycles. The number of hydrogen-bond donors (Lipinski definition) is 0. The first-order chi connectivity index (χ1) is 5.83. The van der Waals surface area contributed by atoms with Crippen molar-refractivity contribution in [3.8, 4) is 0 Å². The monoisotopic (exact) mass is 184 g/mol. The second kappa shape index (κ2) is 5.09. The second-order valence-corrected chi connectivity index (χ2v) is 3.36. The Morgan fingerprint density at radius 3 is 2.92 bits per heavy atom. The minimum atomic E-state index is 0.270. The van der Waals surface area contributed by atoms with Crippen molar-refractivity contribution in [1.29, 1.82) is 0 Å². The van der Waals surface area contributed by atoms with Gasteiger partial charge in [-0.3, -0.25) is 9.97 Å². The van der Waals surface area contributed by atoms with Gasteiger partial charge in [0.1, 0.15) is 0 Å². The zero-order valence-corrected chi connectivity index (χ0v) is 7.96. The fourth-order valence-electron chi connectivity index (χ4n) is 0.968. The van der Waals surface area contributed by atoms with E-state index in [4.69, 9.17) is 11.6 Å². The number of halogens is 1. The predicted octanol–water partition coefficient (Wildman–Crippen LogP) is 2.43. The first kappa shape index (κ1) is 9.46. The average molecular weight is 185 g/mol. The highest BCUT2D eigenvalue weighted by atomic mass is 35.5. The zero-order chi connectivity index (χ0) is 8.81. The summed E-state index contributed by atoms with van der Waals surface area (Å²) in [5, 5.41) is 0.270. The van der Waals surface area contributed by atoms with E-state index >= 15 is 0 Å². The Balaban J connectivity index is 2.33. The van der Waals surface area contributed by atoms with E-state index in [1.54, 1.807) is 18.6 Å². The van der Waals surface area contributed by atoms with Crippen LogP contribution in [-0.4, -0.2) is 15.3 Å². The molecule has 0 N–H and O–H groups in total. The summed E-state index contributed by atoms with van der Waals surface area (Å²) in [5.41, 5.74) is 1.02. The van der Waals surface area contributed by atoms with Crippen molar-refractivity contribution in [1.82, 2.24) is 9.97 Å². The van der Waals surface area contributed by atoms with Crippen LogP contribution in [0, 0.1) is 0 Å². The topological polar surface area (TPSA) is 25.8 Å². The average Bonchev–Trinajstić information content (AvgIpc) is 2.16. The predicted molar refractivity (Wildman–Crippen MR) is 50.3 cm³/mol. The molecule has 12 heavy (non-hydrogen) atoms. The molecule has 0 spiro atoms. The molecule has 1 rings (SSSR count). The third kappa shape index (κ3) is 3.18. The summed E-state index contributed by atoms with van der Waals surface area (Å²) in [7, 11) is 0. The summed E-state index contributed by atoms with van der Waals surface area (Å²) >= 11 is 5.97. The van der Waals surface area contributed by atoms with Crippen molar-refractivity contribution < 1.29 is 0 Å². The summed E-state index contributed by atoms with van der Waals surface area (Å²) in [6.07, 6.45) is 8.11. The van der Waals surface area contributed by atoms with Crippen LogP contribution in [0.3, 0.4) is 0 Å². The van der Waals surface area contributed by atoms with Gasteiger partial charge < -0.3 is 0 Å². The molecule has 3 heteroatoms. The van der Waals surface area contributed by atoms with Gasteiger partial charge in [0.05, 0.1) is 5.69 Å². The Kier molecular flexibility index (Phi) is 4.01. The van der Waals surface area contributed by atoms with Gasteiger partial charge in [0.15, 0.2) is 0 Å². The minimum absolute atomic E-state index is 0.270. The van der Waals surface area contributed by atoms with Crippen molar-refractivity contribution in [2.75, 3.05) is 0 Å². The van der Waals surface area contributed by atoms with E-state index in [1.807, 2.05) is 0 Å². The molecule has 0 amide bonds. The van der Waals surface area contributed by atoms with Gasteiger partial charge in [-0.25, -0.2) is 0 Å². The third-order valence-corrected chi connectivity index (χ3v) is 2.30. The number of hydrogen-bond acceptors (Lipinski definition) is 2. The molecule has 1 atom stereocenters. The maximum atomic E-state index is 5.97. The van der Waals surface area contributed by atoms with E-state index in [1.165, 1.54) is 0 Å². The van der Waals surface area contributed by atoms with Crippen LogP contribution in [0.2, 0.25) is 0 Å². The van der Waals surface area contributed by atoms with Crippen molar-refractivity contribution in [3.05, 3.63) is 24.3 Å². The number of rotatable bonds is 4. The Labute approximate surface area is 78.0 Å². The lowest BCUT2D eigenvalue weighted by atomic mass is 10.1. The Morgan fingerprint density at radius 1 is 1.50 bits per heavy atom. The normalized spacial score (nSPS) is 12.8. The van der Waals surface area contributed by atoms with Crippen LogP contribution >= 0.6 is 11.6 Å². The van der Waals surface area contributed by atoms with E-state index in [0.717, 1.165) is 25.0 Å². The summed E-state index contributed by atoms with van der Waals surface area (Å²) < 4.78 is 0. The second-order valence-electron chi connectivity index (χ2n) is 2.74. The molecule has 0 aliphatic carbocycles. The Bertz CT molecular complexity index is 213. The van der Waals surface area contributed by atoms with Gasteiger partial charge in [-0.1, -0.05) is 6.92 Å². The fourth-order valence-corrected chi connectivity index (χ4v) is 1.08. The highest BCUT2D eigenvalue weighted by molar-refractivity contribution is 6.20. The van der Waals surface area contributed by atoms with E-state index in [9.17, 15) is 0 Å². The molecule has 1 unspecified atom stereocenters. The molecule has 2 nitrogen and oxygen atoms in total. The van der Waals surface area contributed by atoms with E-state index in [0.29, 0.717) is 0 Å². The number of aromatic nitrogens is 2. The molecule has 0 aliphatic heterocycles. The van der Waals surface area contributed by atoms with Gasteiger partial charge in [0.25, 0.3) is 0 Å². The maximum Gasteiger partial charge on any atom is 0.0587 e. The van der Waals surface area contributed by atoms with Gasteiger partial charge in [-0.2, -0.15) is 0 Å². The molecule has 0 saturated heterocycles. The van der Waals surface area contributed by atoms with Gasteiger partial charge in [-0.15, -0.1) is 11.6 Å². The van der Waals surface area contributed by atoms with Crippen LogP contribution in [0.15, 0.2) is 18.6 Å². The Hall–Kier alpha value is -0.630. The third-order valence-electron chi connectivity index (χ3n) is 1.77. The van der Waals surface area contributed by atoms with Gasteiger partial charge in [0, 0.05) is 24.0 Å². The highest BCUT2D eigenvalue weighted by Crippen LogP contribution is 2.09. The smallest absolute Gasteiger partial charge is 0.0587 e. The molecule has 1 aromatic rings. The maximum absolute atomic E-state index is 5.97. The number of aryl methyl sites for hydroxylation is 1. The minimum Gasteiger partial charge on any atom is -0.261 e. The van der Waals surface area contributed by atoms with Crippen LogP contribution in [0.1, 0.15) is 25.5 Å². The summed E-state index contributed by atoms with van der Waals surface area (Å²) in [4.78, 5) is 8.15. The SMILES string of the molecule is CCC(Cl)CCc1cnccn1. The lowest BCUT2D eigenvalue weighted by Crippen LogP contribution is -2.00. The van der Waals surface area contributed by atoms with E-state index in [2.05, 4.69) is 16.9 Å². The van der Waals surface area contributed by atoms with Crippen LogP contribution in [-0.2, 0) is 6.42 Å². The van der Waals surface area contributed by atoms with Gasteiger partial charge >= 0.3 is 0 Å². The van der Waals surface area contributed by atoms with Gasteiger partial charge in [0.2, 0.25) is 0 Å². The van der Waals surface area contributed by atoms with Crippen LogP contribution < -0.4 is 0 Å². The van der Waals surface area contributed by atoms with E-state index in [-0.39, 0.29) is 5.38 Å². The molecule has 0 radical (unpaired) electrons. The number of alkyl halides is 1. The molecule has 0 aliphatic rings. The summed E-state index contributed by atoms with van der Waals surface area (Å²) in [6.45, 7) is 2.09. The molecule has 66 valence electrons. The molecule has 0 saturated carbocycles. The molecular weight excluding hydrogens is 172 g/mol. The number of nitrogens with zero attached hydrogens (tertiary/aromatic N) is 2. The molecule has 0 bridgehead atoms. The highest BCUT2D eigenvalue weighted by Gasteiger charge is 2.01. The molecule has 0 aromatic carbocycles. The fraction of sp³-hybridized carbons (Fsp3) is 0.556. The molecule has 0 fully saturated rings. The van der Waals surface area contributed by atoms with E-state index < -0.39 is 0 Å². The van der Waals surface area contributed by atoms with Crippen LogP contribution in [0.5, 0.6) is 0 Å². The van der Waals surface area contributed by atoms with Gasteiger partial charge in [-0.05, 0) is 19.3 Å². The lowest BCUT2D eigenvalue weighted by Gasteiger charge is -2.04. The zero-order valence-electron chi connectivity index (χ0n) is 7.20. The first-order valence-corrected chi connectivity index (χ1v) is 4.65. The summed E-state index contributed by atoms with van der Waals surface area (Å²) in [6, 6.07) is 0. The lowest BCUT2D eigenvalue weighted by molar-refractivity contribution is 0.714. The molecular formula is C9H13ClN2. The van der Waals surface area contributed by atoms with Crippen LogP contribution in [0.25, 0.3) is 0 Å². The van der Waals surface area contributed by atoms with Crippen molar-refractivity contribution in [2.45, 2.75) is 31.6 Å². The van der Waals surface area contributed by atoms with Crippen molar-refractivity contribution in [2.24, 2.45) is 0 Å².